The van der Waals surface area contributed by atoms with E-state index in [4.69, 9.17) is 21.4 Å². The summed E-state index contributed by atoms with van der Waals surface area (Å²) < 4.78 is 6.99. The number of halogens is 1. The number of nitrogens with zero attached hydrogens (tertiary/aromatic N) is 3. The lowest BCUT2D eigenvalue weighted by Gasteiger charge is -2.26. The van der Waals surface area contributed by atoms with Crippen LogP contribution < -0.4 is 10.1 Å². The van der Waals surface area contributed by atoms with Gasteiger partial charge in [-0.2, -0.15) is 5.10 Å². The molecule has 37 heavy (non-hydrogen) atoms. The van der Waals surface area contributed by atoms with Gasteiger partial charge in [-0.15, -0.1) is 0 Å². The number of aromatic nitrogens is 2. The van der Waals surface area contributed by atoms with Crippen LogP contribution in [0.4, 0.5) is 5.82 Å². The Morgan fingerprint density at radius 2 is 1.65 bits per heavy atom. The summed E-state index contributed by atoms with van der Waals surface area (Å²) in [5, 5.41) is 8.32. The zero-order chi connectivity index (χ0) is 26.5. The zero-order valence-electron chi connectivity index (χ0n) is 21.2. The number of benzene rings is 3. The number of amides is 2. The van der Waals surface area contributed by atoms with Gasteiger partial charge in [0.1, 0.15) is 18.1 Å². The fraction of sp³-hybridized carbons (Fsp3) is 0.207. The molecule has 190 valence electrons. The Morgan fingerprint density at radius 1 is 1.00 bits per heavy atom. The van der Waals surface area contributed by atoms with Crippen molar-refractivity contribution < 1.29 is 14.3 Å². The minimum atomic E-state index is -0.331. The fourth-order valence-electron chi connectivity index (χ4n) is 4.08. The van der Waals surface area contributed by atoms with Crippen LogP contribution in [0.15, 0.2) is 78.9 Å². The number of hydrogen-bond acceptors (Lipinski definition) is 4. The monoisotopic (exact) mass is 516 g/mol. The van der Waals surface area contributed by atoms with E-state index in [0.717, 1.165) is 28.3 Å². The van der Waals surface area contributed by atoms with Crippen LogP contribution in [0.2, 0.25) is 5.02 Å². The first-order chi connectivity index (χ1) is 17.8. The van der Waals surface area contributed by atoms with E-state index in [0.29, 0.717) is 16.4 Å². The molecule has 0 aliphatic heterocycles. The Hall–Kier alpha value is -4.10. The number of ether oxygens (including phenoxy) is 1. The Balaban J connectivity index is 1.68. The van der Waals surface area contributed by atoms with Crippen LogP contribution in [0, 0.1) is 6.92 Å². The molecule has 0 aliphatic carbocycles. The molecular formula is C29H29ClN4O3. The summed E-state index contributed by atoms with van der Waals surface area (Å²) in [6.07, 6.45) is 0. The zero-order valence-corrected chi connectivity index (χ0v) is 22.0. The second-order valence-corrected chi connectivity index (χ2v) is 9.30. The summed E-state index contributed by atoms with van der Waals surface area (Å²) in [4.78, 5) is 28.1. The van der Waals surface area contributed by atoms with Crippen molar-refractivity contribution in [3.63, 3.8) is 0 Å². The molecule has 0 bridgehead atoms. The molecule has 1 aromatic heterocycles. The summed E-state index contributed by atoms with van der Waals surface area (Å²) in [5.41, 5.74) is 3.72. The lowest BCUT2D eigenvalue weighted by molar-refractivity contribution is -0.117. The molecule has 4 aromatic rings. The van der Waals surface area contributed by atoms with Gasteiger partial charge in [-0.25, -0.2) is 4.68 Å². The van der Waals surface area contributed by atoms with Crippen molar-refractivity contribution in [2.24, 2.45) is 0 Å². The van der Waals surface area contributed by atoms with Gasteiger partial charge in [0, 0.05) is 22.2 Å². The van der Waals surface area contributed by atoms with Gasteiger partial charge in [-0.3, -0.25) is 9.59 Å². The molecule has 0 spiro atoms. The second kappa shape index (κ2) is 11.3. The maximum atomic E-state index is 13.4. The fourth-order valence-corrected chi connectivity index (χ4v) is 4.20. The van der Waals surface area contributed by atoms with Gasteiger partial charge in [-0.1, -0.05) is 41.9 Å². The van der Waals surface area contributed by atoms with Gasteiger partial charge >= 0.3 is 0 Å². The molecule has 7 nitrogen and oxygen atoms in total. The Bertz CT molecular complexity index is 1380. The van der Waals surface area contributed by atoms with Gasteiger partial charge < -0.3 is 15.0 Å². The largest absolute Gasteiger partial charge is 0.497 e. The van der Waals surface area contributed by atoms with Crippen molar-refractivity contribution in [3.8, 4) is 22.6 Å². The molecular weight excluding hydrogens is 488 g/mol. The van der Waals surface area contributed by atoms with E-state index < -0.39 is 0 Å². The molecule has 0 saturated carbocycles. The van der Waals surface area contributed by atoms with Gasteiger partial charge in [0.05, 0.1) is 18.5 Å². The molecule has 0 aliphatic rings. The normalized spacial score (nSPS) is 10.9. The highest BCUT2D eigenvalue weighted by Crippen LogP contribution is 2.33. The van der Waals surface area contributed by atoms with E-state index in [1.165, 1.54) is 4.90 Å². The number of anilines is 1. The van der Waals surface area contributed by atoms with Crippen LogP contribution >= 0.6 is 11.6 Å². The van der Waals surface area contributed by atoms with E-state index in [2.05, 4.69) is 5.32 Å². The highest BCUT2D eigenvalue weighted by molar-refractivity contribution is 6.30. The van der Waals surface area contributed by atoms with E-state index >= 15 is 0 Å². The molecule has 3 aromatic carbocycles. The Morgan fingerprint density at radius 3 is 2.24 bits per heavy atom. The van der Waals surface area contributed by atoms with Gasteiger partial charge in [0.2, 0.25) is 5.91 Å². The van der Waals surface area contributed by atoms with E-state index in [1.54, 1.807) is 36.1 Å². The molecule has 2 amide bonds. The number of rotatable bonds is 8. The van der Waals surface area contributed by atoms with Crippen molar-refractivity contribution in [1.29, 1.82) is 0 Å². The smallest absolute Gasteiger partial charge is 0.254 e. The first-order valence-corrected chi connectivity index (χ1v) is 12.3. The topological polar surface area (TPSA) is 76.5 Å². The van der Waals surface area contributed by atoms with E-state index in [-0.39, 0.29) is 24.4 Å². The second-order valence-electron chi connectivity index (χ2n) is 8.87. The SMILES string of the molecule is COc1ccc(-n2nc(C)c(-c3ccccc3)c2NC(=O)CN(C(=O)c2ccc(Cl)cc2)C(C)C)cc1. The van der Waals surface area contributed by atoms with Crippen molar-refractivity contribution in [3.05, 3.63) is 95.1 Å². The highest BCUT2D eigenvalue weighted by atomic mass is 35.5. The van der Waals surface area contributed by atoms with E-state index in [9.17, 15) is 9.59 Å². The Labute approximate surface area is 221 Å². The molecule has 1 N–H and O–H groups in total. The molecule has 0 unspecified atom stereocenters. The van der Waals surface area contributed by atoms with Crippen LogP contribution in [0.1, 0.15) is 29.9 Å². The van der Waals surface area contributed by atoms with Crippen molar-refractivity contribution in [1.82, 2.24) is 14.7 Å². The summed E-state index contributed by atoms with van der Waals surface area (Å²) >= 11 is 5.98. The average Bonchev–Trinajstić information content (AvgIpc) is 3.23. The summed E-state index contributed by atoms with van der Waals surface area (Å²) in [6.45, 7) is 5.53. The van der Waals surface area contributed by atoms with Crippen molar-refractivity contribution >= 4 is 29.2 Å². The summed E-state index contributed by atoms with van der Waals surface area (Å²) in [6, 6.07) is 23.6. The molecule has 8 heteroatoms. The van der Waals surface area contributed by atoms with Gasteiger partial charge in [0.15, 0.2) is 0 Å². The van der Waals surface area contributed by atoms with Crippen LogP contribution in [0.25, 0.3) is 16.8 Å². The number of hydrogen-bond donors (Lipinski definition) is 1. The minimum absolute atomic E-state index is 0.125. The number of nitrogens with one attached hydrogen (secondary N) is 1. The first kappa shape index (κ1) is 26.0. The van der Waals surface area contributed by atoms with Crippen LogP contribution in [0.5, 0.6) is 5.75 Å². The maximum absolute atomic E-state index is 13.4. The van der Waals surface area contributed by atoms with Crippen molar-refractivity contribution in [2.45, 2.75) is 26.8 Å². The summed E-state index contributed by atoms with van der Waals surface area (Å²) in [5.74, 6) is 0.670. The third-order valence-electron chi connectivity index (χ3n) is 5.99. The predicted octanol–water partition coefficient (Wildman–Crippen LogP) is 6.00. The average molecular weight is 517 g/mol. The standard InChI is InChI=1S/C29H29ClN4O3/c1-19(2)33(29(36)22-10-12-23(30)13-11-22)18-26(35)31-28-27(21-8-6-5-7-9-21)20(3)32-34(28)24-14-16-25(37-4)17-15-24/h5-17,19H,18H2,1-4H3,(H,31,35). The summed E-state index contributed by atoms with van der Waals surface area (Å²) in [7, 11) is 1.61. The lowest BCUT2D eigenvalue weighted by atomic mass is 10.1. The molecule has 4 rings (SSSR count). The molecule has 1 heterocycles. The maximum Gasteiger partial charge on any atom is 0.254 e. The van der Waals surface area contributed by atoms with E-state index in [1.807, 2.05) is 75.4 Å². The Kier molecular flexibility index (Phi) is 7.94. The first-order valence-electron chi connectivity index (χ1n) is 11.9. The van der Waals surface area contributed by atoms with Crippen LogP contribution in [-0.4, -0.2) is 46.2 Å². The third-order valence-corrected chi connectivity index (χ3v) is 6.24. The number of methoxy groups -OCH3 is 1. The lowest BCUT2D eigenvalue weighted by Crippen LogP contribution is -2.42. The third kappa shape index (κ3) is 5.84. The molecule has 0 saturated heterocycles. The quantitative estimate of drug-likeness (QED) is 0.311. The van der Waals surface area contributed by atoms with Crippen LogP contribution in [-0.2, 0) is 4.79 Å². The molecule has 0 fully saturated rings. The predicted molar refractivity (Wildman–Crippen MR) is 147 cm³/mol. The van der Waals surface area contributed by atoms with Crippen LogP contribution in [0.3, 0.4) is 0 Å². The number of aryl methyl sites for hydroxylation is 1. The molecule has 0 radical (unpaired) electrons. The van der Waals surface area contributed by atoms with Gasteiger partial charge in [0.25, 0.3) is 5.91 Å². The molecule has 0 atom stereocenters. The van der Waals surface area contributed by atoms with Gasteiger partial charge in [-0.05, 0) is 74.9 Å². The van der Waals surface area contributed by atoms with Crippen molar-refractivity contribution in [2.75, 3.05) is 19.0 Å². The minimum Gasteiger partial charge on any atom is -0.497 e. The number of carbonyl (C=O) groups is 2. The highest BCUT2D eigenvalue weighted by Gasteiger charge is 2.25. The number of carbonyl (C=O) groups excluding carboxylic acids is 2.